The normalized spacial score (nSPS) is 19.3. The lowest BCUT2D eigenvalue weighted by molar-refractivity contribution is 0.0642. The molecular formula is C21H25N5O2S. The minimum atomic E-state index is -0.0653. The maximum absolute atomic E-state index is 9.43. The van der Waals surface area contributed by atoms with Crippen LogP contribution in [-0.2, 0) is 11.3 Å². The second-order valence-corrected chi connectivity index (χ2v) is 8.05. The van der Waals surface area contributed by atoms with Gasteiger partial charge in [0.25, 0.3) is 0 Å². The van der Waals surface area contributed by atoms with E-state index in [0.29, 0.717) is 11.0 Å². The van der Waals surface area contributed by atoms with Gasteiger partial charge in [-0.2, -0.15) is 0 Å². The van der Waals surface area contributed by atoms with Crippen molar-refractivity contribution in [2.75, 3.05) is 25.1 Å². The molecular weight excluding hydrogens is 386 g/mol. The van der Waals surface area contributed by atoms with Crippen LogP contribution in [0.1, 0.15) is 17.1 Å². The van der Waals surface area contributed by atoms with Crippen molar-refractivity contribution < 1.29 is 9.84 Å². The Hall–Kier alpha value is -2.39. The van der Waals surface area contributed by atoms with E-state index in [4.69, 9.17) is 9.72 Å². The third-order valence-corrected chi connectivity index (χ3v) is 6.29. The first-order valence-electron chi connectivity index (χ1n) is 9.69. The number of aromatic nitrogens is 3. The number of ether oxygens (including phenoxy) is 1. The van der Waals surface area contributed by atoms with E-state index >= 15 is 0 Å². The number of aryl methyl sites for hydroxylation is 1. The number of hydrogen-bond acceptors (Lipinski definition) is 8. The first kappa shape index (κ1) is 19.9. The summed E-state index contributed by atoms with van der Waals surface area (Å²) >= 11 is 1.46. The van der Waals surface area contributed by atoms with Crippen LogP contribution in [-0.4, -0.2) is 52.4 Å². The molecule has 2 aromatic heterocycles. The smallest absolute Gasteiger partial charge is 0.230 e. The van der Waals surface area contributed by atoms with Crippen LogP contribution in [0.15, 0.2) is 42.6 Å². The van der Waals surface area contributed by atoms with Crippen LogP contribution in [0.5, 0.6) is 0 Å². The fourth-order valence-corrected chi connectivity index (χ4v) is 4.64. The summed E-state index contributed by atoms with van der Waals surface area (Å²) in [4.78, 5) is 17.1. The zero-order valence-corrected chi connectivity index (χ0v) is 17.4. The standard InChI is InChI=1S/C21H25N5O2S/c1-14-20(29-19(13-27)24-14)16-8-11-23-21(25-16)26(15-6-4-3-5-7-15)17-9-10-22-12-18(17)28-2/h3-8,11,17-18,22,27H,9-10,12-13H2,1-2H3. The van der Waals surface area contributed by atoms with Gasteiger partial charge in [-0.15, -0.1) is 11.3 Å². The van der Waals surface area contributed by atoms with E-state index in [2.05, 4.69) is 32.3 Å². The quantitative estimate of drug-likeness (QED) is 0.645. The van der Waals surface area contributed by atoms with Gasteiger partial charge >= 0.3 is 0 Å². The number of hydrogen-bond donors (Lipinski definition) is 2. The summed E-state index contributed by atoms with van der Waals surface area (Å²) in [6, 6.07) is 12.2. The molecule has 2 N–H and O–H groups in total. The van der Waals surface area contributed by atoms with Gasteiger partial charge < -0.3 is 20.1 Å². The SMILES string of the molecule is COC1CNCCC1N(c1ccccc1)c1nccc(-c2sc(CO)nc2C)n1. The van der Waals surface area contributed by atoms with Crippen molar-refractivity contribution in [3.63, 3.8) is 0 Å². The molecule has 3 heterocycles. The summed E-state index contributed by atoms with van der Waals surface area (Å²) in [6.45, 7) is 3.58. The Morgan fingerprint density at radius 2 is 2.07 bits per heavy atom. The van der Waals surface area contributed by atoms with Crippen LogP contribution >= 0.6 is 11.3 Å². The third kappa shape index (κ3) is 4.16. The average Bonchev–Trinajstić information content (AvgIpc) is 3.16. The summed E-state index contributed by atoms with van der Waals surface area (Å²) in [5.74, 6) is 0.640. The minimum absolute atomic E-state index is 0.0299. The largest absolute Gasteiger partial charge is 0.389 e. The molecule has 1 saturated heterocycles. The Morgan fingerprint density at radius 1 is 1.24 bits per heavy atom. The summed E-state index contributed by atoms with van der Waals surface area (Å²) in [7, 11) is 1.75. The fourth-order valence-electron chi connectivity index (χ4n) is 3.74. The Labute approximate surface area is 174 Å². The Kier molecular flexibility index (Phi) is 6.15. The lowest BCUT2D eigenvalue weighted by atomic mass is 10.0. The van der Waals surface area contributed by atoms with Gasteiger partial charge in [-0.25, -0.2) is 15.0 Å². The van der Waals surface area contributed by atoms with Crippen molar-refractivity contribution in [2.24, 2.45) is 0 Å². The van der Waals surface area contributed by atoms with E-state index in [0.717, 1.165) is 41.5 Å². The molecule has 7 nitrogen and oxygen atoms in total. The van der Waals surface area contributed by atoms with E-state index in [9.17, 15) is 5.11 Å². The molecule has 1 fully saturated rings. The molecule has 29 heavy (non-hydrogen) atoms. The van der Waals surface area contributed by atoms with Crippen LogP contribution in [0, 0.1) is 6.92 Å². The second-order valence-electron chi connectivity index (χ2n) is 6.96. The Balaban J connectivity index is 1.78. The number of nitrogens with zero attached hydrogens (tertiary/aromatic N) is 4. The zero-order chi connectivity index (χ0) is 20.2. The van der Waals surface area contributed by atoms with Crippen molar-refractivity contribution in [3.05, 3.63) is 53.3 Å². The van der Waals surface area contributed by atoms with Crippen LogP contribution in [0.25, 0.3) is 10.6 Å². The van der Waals surface area contributed by atoms with Crippen molar-refractivity contribution in [3.8, 4) is 10.6 Å². The van der Waals surface area contributed by atoms with Crippen LogP contribution in [0.3, 0.4) is 0 Å². The van der Waals surface area contributed by atoms with Crippen LogP contribution < -0.4 is 10.2 Å². The molecule has 0 amide bonds. The van der Waals surface area contributed by atoms with E-state index in [1.807, 2.05) is 31.2 Å². The number of nitrogens with one attached hydrogen (secondary N) is 1. The summed E-state index contributed by atoms with van der Waals surface area (Å²) in [5, 5.41) is 13.5. The van der Waals surface area contributed by atoms with Gasteiger partial charge in [-0.3, -0.25) is 0 Å². The van der Waals surface area contributed by atoms with Crippen molar-refractivity contribution in [2.45, 2.75) is 32.1 Å². The molecule has 0 radical (unpaired) electrons. The van der Waals surface area contributed by atoms with Gasteiger partial charge in [0.1, 0.15) is 5.01 Å². The van der Waals surface area contributed by atoms with Gasteiger partial charge in [-0.05, 0) is 38.1 Å². The van der Waals surface area contributed by atoms with Crippen molar-refractivity contribution in [1.29, 1.82) is 0 Å². The maximum atomic E-state index is 9.43. The lowest BCUT2D eigenvalue weighted by Crippen LogP contribution is -2.52. The molecule has 2 unspecified atom stereocenters. The highest BCUT2D eigenvalue weighted by atomic mass is 32.1. The van der Waals surface area contributed by atoms with Crippen molar-refractivity contribution in [1.82, 2.24) is 20.3 Å². The van der Waals surface area contributed by atoms with E-state index < -0.39 is 0 Å². The van der Waals surface area contributed by atoms with Gasteiger partial charge in [0.05, 0.1) is 35.0 Å². The molecule has 8 heteroatoms. The number of para-hydroxylation sites is 1. The number of aliphatic hydroxyl groups is 1. The van der Waals surface area contributed by atoms with Gasteiger partial charge in [0.2, 0.25) is 5.95 Å². The molecule has 0 saturated carbocycles. The van der Waals surface area contributed by atoms with E-state index in [-0.39, 0.29) is 18.8 Å². The monoisotopic (exact) mass is 411 g/mol. The third-order valence-electron chi connectivity index (χ3n) is 5.13. The second kappa shape index (κ2) is 8.96. The summed E-state index contributed by atoms with van der Waals surface area (Å²) < 4.78 is 5.78. The topological polar surface area (TPSA) is 83.4 Å². The highest BCUT2D eigenvalue weighted by molar-refractivity contribution is 7.15. The summed E-state index contributed by atoms with van der Waals surface area (Å²) in [5.41, 5.74) is 2.72. The minimum Gasteiger partial charge on any atom is -0.389 e. The lowest BCUT2D eigenvalue weighted by Gasteiger charge is -2.39. The average molecular weight is 412 g/mol. The maximum Gasteiger partial charge on any atom is 0.230 e. The molecule has 0 spiro atoms. The number of aliphatic hydroxyl groups excluding tert-OH is 1. The van der Waals surface area contributed by atoms with Crippen LogP contribution in [0.2, 0.25) is 0 Å². The van der Waals surface area contributed by atoms with Crippen molar-refractivity contribution >= 4 is 23.0 Å². The fraction of sp³-hybridized carbons (Fsp3) is 0.381. The van der Waals surface area contributed by atoms with Gasteiger partial charge in [-0.1, -0.05) is 18.2 Å². The Morgan fingerprint density at radius 3 is 2.79 bits per heavy atom. The van der Waals surface area contributed by atoms with E-state index in [1.165, 1.54) is 11.3 Å². The molecule has 0 bridgehead atoms. The highest BCUT2D eigenvalue weighted by Crippen LogP contribution is 2.33. The molecule has 3 aromatic rings. The number of benzene rings is 1. The van der Waals surface area contributed by atoms with E-state index in [1.54, 1.807) is 13.3 Å². The first-order valence-corrected chi connectivity index (χ1v) is 10.5. The summed E-state index contributed by atoms with van der Waals surface area (Å²) in [6.07, 6.45) is 2.74. The number of anilines is 2. The first-order chi connectivity index (χ1) is 14.2. The van der Waals surface area contributed by atoms with Gasteiger partial charge in [0, 0.05) is 25.5 Å². The predicted octanol–water partition coefficient (Wildman–Crippen LogP) is 2.92. The van der Waals surface area contributed by atoms with Gasteiger partial charge in [0.15, 0.2) is 0 Å². The number of piperidine rings is 1. The molecule has 1 aliphatic heterocycles. The molecule has 1 aromatic carbocycles. The predicted molar refractivity (Wildman–Crippen MR) is 114 cm³/mol. The number of rotatable bonds is 6. The molecule has 152 valence electrons. The number of methoxy groups -OCH3 is 1. The number of thiazole rings is 1. The molecule has 2 atom stereocenters. The zero-order valence-electron chi connectivity index (χ0n) is 16.6. The molecule has 0 aliphatic carbocycles. The molecule has 1 aliphatic rings. The van der Waals surface area contributed by atoms with Crippen LogP contribution in [0.4, 0.5) is 11.6 Å². The Bertz CT molecular complexity index is 949. The molecule has 4 rings (SSSR count). The highest BCUT2D eigenvalue weighted by Gasteiger charge is 2.33.